The normalized spacial score (nSPS) is 12.3. The highest BCUT2D eigenvalue weighted by atomic mass is 35.5. The van der Waals surface area contributed by atoms with Crippen LogP contribution in [0.4, 0.5) is 35.1 Å². The fraction of sp³-hybridized carbons (Fsp3) is 0.0476. The summed E-state index contributed by atoms with van der Waals surface area (Å²) in [7, 11) is 0. The molecular formula is C42H27ClF8N4O5. The molecule has 0 fully saturated rings. The number of nitrogens with zero attached hydrogens (tertiary/aromatic N) is 2. The van der Waals surface area contributed by atoms with E-state index in [0.29, 0.717) is 11.6 Å². The number of hydrogen-bond donors (Lipinski definition) is 6. The number of phenolic OH excluding ortho intramolecular Hbond substituents is 2. The van der Waals surface area contributed by atoms with Crippen LogP contribution in [0.5, 0.6) is 11.5 Å². The molecule has 0 bridgehead atoms. The van der Waals surface area contributed by atoms with Gasteiger partial charge in [-0.1, -0.05) is 46.2 Å². The van der Waals surface area contributed by atoms with E-state index in [1.807, 2.05) is 0 Å². The molecule has 0 aliphatic rings. The first kappa shape index (κ1) is 42.3. The lowest BCUT2D eigenvalue weighted by Gasteiger charge is -2.19. The number of benzene rings is 6. The van der Waals surface area contributed by atoms with Gasteiger partial charge in [-0.2, -0.15) is 26.3 Å². The molecule has 6 aromatic carbocycles. The fourth-order valence-corrected chi connectivity index (χ4v) is 6.53. The van der Waals surface area contributed by atoms with Crippen molar-refractivity contribution in [2.24, 2.45) is 21.8 Å². The first-order chi connectivity index (χ1) is 28.3. The summed E-state index contributed by atoms with van der Waals surface area (Å²) >= 11 is 5.96. The molecule has 0 saturated carbocycles. The van der Waals surface area contributed by atoms with Crippen molar-refractivity contribution in [1.82, 2.24) is 0 Å². The third-order valence-electron chi connectivity index (χ3n) is 9.09. The molecule has 1 heterocycles. The third-order valence-corrected chi connectivity index (χ3v) is 9.32. The number of oxime groups is 2. The number of halogens is 9. The number of furan rings is 1. The van der Waals surface area contributed by atoms with Crippen LogP contribution >= 0.6 is 11.6 Å². The molecule has 8 N–H and O–H groups in total. The molecule has 0 saturated heterocycles. The molecule has 0 unspecified atom stereocenters. The van der Waals surface area contributed by atoms with Gasteiger partial charge >= 0.3 is 12.4 Å². The minimum atomic E-state index is -4.75. The highest BCUT2D eigenvalue weighted by molar-refractivity contribution is 6.31. The lowest BCUT2D eigenvalue weighted by Crippen LogP contribution is -2.17. The molecule has 0 aliphatic heterocycles. The van der Waals surface area contributed by atoms with Crippen LogP contribution in [-0.2, 0) is 12.4 Å². The van der Waals surface area contributed by atoms with Crippen molar-refractivity contribution >= 4 is 34.2 Å². The molecule has 1 aromatic heterocycles. The van der Waals surface area contributed by atoms with Gasteiger partial charge in [-0.3, -0.25) is 0 Å². The van der Waals surface area contributed by atoms with Gasteiger partial charge in [0.25, 0.3) is 0 Å². The van der Waals surface area contributed by atoms with Crippen LogP contribution in [0.25, 0.3) is 55.5 Å². The number of fused-ring (bicyclic) bond motifs is 1. The molecule has 18 heteroatoms. The van der Waals surface area contributed by atoms with Crippen molar-refractivity contribution in [3.8, 4) is 56.0 Å². The van der Waals surface area contributed by atoms with Gasteiger partial charge in [0.2, 0.25) is 0 Å². The second-order valence-electron chi connectivity index (χ2n) is 12.8. The number of alkyl halides is 6. The first-order valence-corrected chi connectivity index (χ1v) is 17.4. The Bertz CT molecular complexity index is 2790. The maximum Gasteiger partial charge on any atom is 0.416 e. The van der Waals surface area contributed by atoms with Crippen LogP contribution in [0.3, 0.4) is 0 Å². The van der Waals surface area contributed by atoms with Crippen molar-refractivity contribution in [2.45, 2.75) is 12.4 Å². The van der Waals surface area contributed by atoms with Gasteiger partial charge in [0.15, 0.2) is 11.7 Å². The highest BCUT2D eigenvalue weighted by Gasteiger charge is 2.35. The molecule has 7 rings (SSSR count). The van der Waals surface area contributed by atoms with Crippen molar-refractivity contribution in [3.63, 3.8) is 0 Å². The number of nitrogens with two attached hydrogens (primary N) is 2. The smallest absolute Gasteiger partial charge is 0.416 e. The van der Waals surface area contributed by atoms with Crippen LogP contribution < -0.4 is 11.5 Å². The van der Waals surface area contributed by atoms with E-state index in [9.17, 15) is 50.5 Å². The summed E-state index contributed by atoms with van der Waals surface area (Å²) in [5, 5.41) is 43.4. The van der Waals surface area contributed by atoms with Crippen LogP contribution in [-0.4, -0.2) is 32.3 Å². The van der Waals surface area contributed by atoms with Gasteiger partial charge in [-0.05, 0) is 107 Å². The number of phenols is 2. The van der Waals surface area contributed by atoms with Gasteiger partial charge < -0.3 is 36.5 Å². The molecular weight excluding hydrogens is 828 g/mol. The zero-order valence-electron chi connectivity index (χ0n) is 30.1. The monoisotopic (exact) mass is 854 g/mol. The van der Waals surface area contributed by atoms with Crippen LogP contribution in [0.1, 0.15) is 22.3 Å². The van der Waals surface area contributed by atoms with Gasteiger partial charge in [0.05, 0.1) is 22.8 Å². The van der Waals surface area contributed by atoms with Crippen molar-refractivity contribution in [3.05, 3.63) is 154 Å². The van der Waals surface area contributed by atoms with E-state index in [2.05, 4.69) is 10.3 Å². The minimum absolute atomic E-state index is 0.0393. The summed E-state index contributed by atoms with van der Waals surface area (Å²) in [6, 6.07) is 21.4. The van der Waals surface area contributed by atoms with E-state index in [1.165, 1.54) is 79.1 Å². The lowest BCUT2D eigenvalue weighted by molar-refractivity contribution is -0.138. The zero-order chi connectivity index (χ0) is 43.7. The van der Waals surface area contributed by atoms with Crippen molar-refractivity contribution in [1.29, 1.82) is 0 Å². The highest BCUT2D eigenvalue weighted by Crippen LogP contribution is 2.45. The third kappa shape index (κ3) is 8.61. The maximum absolute atomic E-state index is 14.6. The van der Waals surface area contributed by atoms with Crippen LogP contribution in [0.15, 0.2) is 130 Å². The van der Waals surface area contributed by atoms with Gasteiger partial charge in [-0.15, -0.1) is 0 Å². The van der Waals surface area contributed by atoms with E-state index in [-0.39, 0.29) is 77.6 Å². The summed E-state index contributed by atoms with van der Waals surface area (Å²) < 4.78 is 116. The van der Waals surface area contributed by atoms with Crippen molar-refractivity contribution < 1.29 is 60.2 Å². The fourth-order valence-electron chi connectivity index (χ4n) is 6.35. The molecule has 7 aromatic rings. The molecule has 0 aliphatic carbocycles. The summed E-state index contributed by atoms with van der Waals surface area (Å²) in [5.41, 5.74) is 9.65. The average molecular weight is 855 g/mol. The van der Waals surface area contributed by atoms with Gasteiger partial charge in [0, 0.05) is 38.4 Å². The number of rotatable bonds is 6. The maximum atomic E-state index is 14.6. The Hall–Kier alpha value is -7.27. The summed E-state index contributed by atoms with van der Waals surface area (Å²) in [4.78, 5) is 0. The van der Waals surface area contributed by atoms with E-state index in [1.54, 1.807) is 0 Å². The Morgan fingerprint density at radius 1 is 0.550 bits per heavy atom. The quantitative estimate of drug-likeness (QED) is 0.0318. The van der Waals surface area contributed by atoms with Crippen LogP contribution in [0, 0.1) is 11.6 Å². The molecule has 0 radical (unpaired) electrons. The average Bonchev–Trinajstić information content (AvgIpc) is 3.72. The molecule has 0 spiro atoms. The minimum Gasteiger partial charge on any atom is -0.508 e. The Morgan fingerprint density at radius 2 is 1.00 bits per heavy atom. The predicted octanol–water partition coefficient (Wildman–Crippen LogP) is 11.4. The first-order valence-electron chi connectivity index (χ1n) is 17.0. The van der Waals surface area contributed by atoms with E-state index >= 15 is 0 Å². The predicted molar refractivity (Wildman–Crippen MR) is 208 cm³/mol. The Morgan fingerprint density at radius 3 is 1.45 bits per heavy atom. The molecule has 0 atom stereocenters. The Kier molecular flexibility index (Phi) is 11.7. The van der Waals surface area contributed by atoms with Gasteiger partial charge in [0.1, 0.15) is 28.7 Å². The number of hydrogen-bond acceptors (Lipinski definition) is 7. The molecule has 60 heavy (non-hydrogen) atoms. The van der Waals surface area contributed by atoms with E-state index in [4.69, 9.17) is 32.7 Å². The number of aromatic hydroxyl groups is 2. The second-order valence-corrected chi connectivity index (χ2v) is 13.3. The van der Waals surface area contributed by atoms with Gasteiger partial charge in [-0.25, -0.2) is 8.78 Å². The Balaban J connectivity index is 0.000000202. The standard InChI is InChI=1S/C22H14F4N2O3.C20H13ClF4N2O2/c23-18-6-5-15(20-14(18)7-8-31-20)19-16(11-1-3-13(29)4-2-11)9-12(22(24,25)26)10-17(19)21(27)28-30;21-12-3-6-17(22)15(9-12)18-14(10-1-4-13(28)5-2-10)7-11(20(23,24)25)8-16(18)19(26)27-29/h1-10,29-30H,(H2,27,28);1-9,28-29H,(H2,26,27). The van der Waals surface area contributed by atoms with Crippen LogP contribution in [0.2, 0.25) is 5.02 Å². The number of amidine groups is 2. The topological polar surface area (TPSA) is 171 Å². The summed E-state index contributed by atoms with van der Waals surface area (Å²) in [5.74, 6) is -2.72. The van der Waals surface area contributed by atoms with E-state index in [0.717, 1.165) is 30.3 Å². The zero-order valence-corrected chi connectivity index (χ0v) is 30.9. The molecule has 308 valence electrons. The molecule has 0 amide bonds. The summed E-state index contributed by atoms with van der Waals surface area (Å²) in [6.07, 6.45) is -8.22. The van der Waals surface area contributed by atoms with Crippen molar-refractivity contribution in [2.75, 3.05) is 0 Å². The van der Waals surface area contributed by atoms with E-state index < -0.39 is 46.8 Å². The SMILES string of the molecule is NC(=NO)c1cc(C(F)(F)F)cc(-c2ccc(O)cc2)c1-c1cc(Cl)ccc1F.NC(=NO)c1cc(C(F)(F)F)cc(-c2ccc(O)cc2)c1-c1ccc(F)c2ccoc12. The lowest BCUT2D eigenvalue weighted by atomic mass is 9.87. The Labute approximate surface area is 338 Å². The molecule has 9 nitrogen and oxygen atoms in total. The largest absolute Gasteiger partial charge is 0.508 e. The second kappa shape index (κ2) is 16.5. The summed E-state index contributed by atoms with van der Waals surface area (Å²) in [6.45, 7) is 0.